The van der Waals surface area contributed by atoms with Gasteiger partial charge in [0, 0.05) is 64.6 Å². The summed E-state index contributed by atoms with van der Waals surface area (Å²) >= 11 is 0. The highest BCUT2D eigenvalue weighted by Crippen LogP contribution is 2.39. The number of hydrogen-bond donors (Lipinski definition) is 1. The van der Waals surface area contributed by atoms with Crippen LogP contribution in [0.1, 0.15) is 31.9 Å². The van der Waals surface area contributed by atoms with Crippen molar-refractivity contribution in [2.24, 2.45) is 11.8 Å². The van der Waals surface area contributed by atoms with Gasteiger partial charge in [0.05, 0.1) is 12.1 Å². The molecule has 0 radical (unpaired) electrons. The van der Waals surface area contributed by atoms with Gasteiger partial charge < -0.3 is 19.6 Å². The predicted octanol–water partition coefficient (Wildman–Crippen LogP) is 3.21. The van der Waals surface area contributed by atoms with Crippen molar-refractivity contribution in [3.8, 4) is 0 Å². The number of piperazine rings is 1. The zero-order chi connectivity index (χ0) is 26.3. The second-order valence-corrected chi connectivity index (χ2v) is 11.1. The number of esters is 1. The molecule has 3 fully saturated rings. The van der Waals surface area contributed by atoms with Crippen LogP contribution in [0.4, 0.5) is 23.7 Å². The highest BCUT2D eigenvalue weighted by molar-refractivity contribution is 5.72. The average molecular weight is 513 g/mol. The smallest absolute Gasteiger partial charge is 0.416 e. The fourth-order valence-electron chi connectivity index (χ4n) is 5.48. The Labute approximate surface area is 209 Å². The molecule has 1 amide bonds. The van der Waals surface area contributed by atoms with E-state index in [1.165, 1.54) is 11.0 Å². The van der Waals surface area contributed by atoms with Gasteiger partial charge in [0.25, 0.3) is 0 Å². The van der Waals surface area contributed by atoms with Crippen LogP contribution in [0, 0.1) is 11.8 Å². The number of rotatable bonds is 5. The van der Waals surface area contributed by atoms with E-state index in [0.717, 1.165) is 11.6 Å². The number of benzene rings is 1. The largest absolute Gasteiger partial charge is 0.465 e. The van der Waals surface area contributed by atoms with E-state index in [4.69, 9.17) is 9.84 Å². The molecule has 3 heterocycles. The molecule has 0 saturated carbocycles. The maximum Gasteiger partial charge on any atom is 0.416 e. The minimum Gasteiger partial charge on any atom is -0.465 e. The molecule has 0 spiro atoms. The fourth-order valence-corrected chi connectivity index (χ4v) is 5.48. The molecule has 2 atom stereocenters. The van der Waals surface area contributed by atoms with Gasteiger partial charge in [-0.2, -0.15) is 13.2 Å². The first-order chi connectivity index (χ1) is 16.8. The van der Waals surface area contributed by atoms with E-state index >= 15 is 0 Å². The van der Waals surface area contributed by atoms with Crippen LogP contribution >= 0.6 is 0 Å². The van der Waals surface area contributed by atoms with Crippen molar-refractivity contribution in [2.75, 3.05) is 63.8 Å². The zero-order valence-electron chi connectivity index (χ0n) is 21.1. The number of amides is 1. The summed E-state index contributed by atoms with van der Waals surface area (Å²) in [7, 11) is 0. The van der Waals surface area contributed by atoms with Crippen LogP contribution in [0.2, 0.25) is 0 Å². The average Bonchev–Trinajstić information content (AvgIpc) is 3.30. The van der Waals surface area contributed by atoms with Crippen molar-refractivity contribution >= 4 is 17.7 Å². The van der Waals surface area contributed by atoms with Gasteiger partial charge in [-0.15, -0.1) is 0 Å². The number of carbonyl (C=O) groups is 2. The minimum absolute atomic E-state index is 0.224. The van der Waals surface area contributed by atoms with Gasteiger partial charge in [-0.1, -0.05) is 6.07 Å². The van der Waals surface area contributed by atoms with Gasteiger partial charge in [-0.25, -0.2) is 4.79 Å². The van der Waals surface area contributed by atoms with E-state index in [0.29, 0.717) is 64.6 Å². The van der Waals surface area contributed by atoms with Gasteiger partial charge in [0.15, 0.2) is 0 Å². The molecule has 2 unspecified atom stereocenters. The van der Waals surface area contributed by atoms with E-state index in [2.05, 4.69) is 14.7 Å². The number of ether oxygens (including phenoxy) is 1. The second kappa shape index (κ2) is 10.1. The maximum absolute atomic E-state index is 13.5. The summed E-state index contributed by atoms with van der Waals surface area (Å²) in [4.78, 5) is 31.0. The number of nitrogens with zero attached hydrogens (tertiary/aromatic N) is 4. The lowest BCUT2D eigenvalue weighted by atomic mass is 10.0. The first kappa shape index (κ1) is 26.5. The Morgan fingerprint density at radius 3 is 2.11 bits per heavy atom. The summed E-state index contributed by atoms with van der Waals surface area (Å²) in [6, 6.07) is 3.94. The minimum atomic E-state index is -4.43. The quantitative estimate of drug-likeness (QED) is 0.608. The Hall–Kier alpha value is -2.53. The normalized spacial score (nSPS) is 23.7. The molecule has 1 aromatic carbocycles. The summed E-state index contributed by atoms with van der Waals surface area (Å²) in [5.41, 5.74) is 0.209. The SMILES string of the molecule is CC(C)(C)OC(=O)CN1CC2CN(c3cc(C(F)(F)F)ccc3CN3CCN(C(=O)O)CC3)CC2C1. The van der Waals surface area contributed by atoms with Crippen molar-refractivity contribution in [2.45, 2.75) is 39.1 Å². The lowest BCUT2D eigenvalue weighted by molar-refractivity contribution is -0.155. The Kier molecular flexibility index (Phi) is 7.43. The maximum atomic E-state index is 13.5. The third-order valence-corrected chi connectivity index (χ3v) is 7.12. The van der Waals surface area contributed by atoms with Crippen LogP contribution in [0.3, 0.4) is 0 Å². The van der Waals surface area contributed by atoms with Gasteiger partial charge in [0.2, 0.25) is 0 Å². The lowest BCUT2D eigenvalue weighted by Gasteiger charge is -2.34. The van der Waals surface area contributed by atoms with Crippen LogP contribution in [0.25, 0.3) is 0 Å². The van der Waals surface area contributed by atoms with Crippen molar-refractivity contribution in [1.82, 2.24) is 14.7 Å². The van der Waals surface area contributed by atoms with E-state index in [1.807, 2.05) is 20.8 Å². The number of alkyl halides is 3. The Bertz CT molecular complexity index is 959. The predicted molar refractivity (Wildman–Crippen MR) is 128 cm³/mol. The molecule has 3 saturated heterocycles. The number of anilines is 1. The molecule has 8 nitrogen and oxygen atoms in total. The number of likely N-dealkylation sites (tertiary alicyclic amines) is 1. The Morgan fingerprint density at radius 2 is 1.58 bits per heavy atom. The monoisotopic (exact) mass is 512 g/mol. The third kappa shape index (κ3) is 6.42. The summed E-state index contributed by atoms with van der Waals surface area (Å²) in [6.07, 6.45) is -5.38. The van der Waals surface area contributed by atoms with Gasteiger partial charge in [-0.05, 0) is 50.3 Å². The molecule has 0 bridgehead atoms. The first-order valence-electron chi connectivity index (χ1n) is 12.4. The summed E-state index contributed by atoms with van der Waals surface area (Å²) in [5, 5.41) is 9.17. The van der Waals surface area contributed by atoms with Crippen LogP contribution in [-0.4, -0.2) is 96.4 Å². The molecule has 1 N–H and O–H groups in total. The number of carboxylic acid groups (broad SMARTS) is 1. The van der Waals surface area contributed by atoms with Crippen LogP contribution in [0.5, 0.6) is 0 Å². The van der Waals surface area contributed by atoms with Crippen LogP contribution in [-0.2, 0) is 22.3 Å². The molecule has 3 aliphatic heterocycles. The summed E-state index contributed by atoms with van der Waals surface area (Å²) in [6.45, 7) is 10.7. The third-order valence-electron chi connectivity index (χ3n) is 7.12. The molecule has 36 heavy (non-hydrogen) atoms. The van der Waals surface area contributed by atoms with E-state index < -0.39 is 23.4 Å². The molecule has 0 aromatic heterocycles. The number of fused-ring (bicyclic) bond motifs is 1. The van der Waals surface area contributed by atoms with Crippen LogP contribution in [0.15, 0.2) is 18.2 Å². The van der Waals surface area contributed by atoms with Crippen molar-refractivity contribution in [1.29, 1.82) is 0 Å². The molecule has 200 valence electrons. The molecule has 3 aliphatic rings. The fraction of sp³-hybridized carbons (Fsp3) is 0.680. The first-order valence-corrected chi connectivity index (χ1v) is 12.4. The highest BCUT2D eigenvalue weighted by Gasteiger charge is 2.42. The number of carbonyl (C=O) groups excluding carboxylic acids is 1. The lowest BCUT2D eigenvalue weighted by Crippen LogP contribution is -2.47. The van der Waals surface area contributed by atoms with Gasteiger partial charge >= 0.3 is 18.2 Å². The number of halogens is 3. The molecule has 11 heteroatoms. The van der Waals surface area contributed by atoms with Crippen molar-refractivity contribution < 1.29 is 32.6 Å². The summed E-state index contributed by atoms with van der Waals surface area (Å²) in [5.74, 6) is 0.283. The standard InChI is InChI=1S/C25H35F3N4O4/c1-24(2,3)36-22(33)16-30-12-18-14-32(15-19(18)13-30)21-10-20(25(26,27)28)5-4-17(21)11-29-6-8-31(9-7-29)23(34)35/h4-5,10,18-19H,6-9,11-16H2,1-3H3,(H,34,35). The topological polar surface area (TPSA) is 76.6 Å². The molecule has 4 rings (SSSR count). The highest BCUT2D eigenvalue weighted by atomic mass is 19.4. The van der Waals surface area contributed by atoms with E-state index in [1.54, 1.807) is 6.07 Å². The van der Waals surface area contributed by atoms with E-state index in [9.17, 15) is 22.8 Å². The summed E-state index contributed by atoms with van der Waals surface area (Å²) < 4.78 is 46.1. The molecule has 0 aliphatic carbocycles. The van der Waals surface area contributed by atoms with Crippen molar-refractivity contribution in [3.05, 3.63) is 29.3 Å². The molecular weight excluding hydrogens is 477 g/mol. The number of hydrogen-bond acceptors (Lipinski definition) is 6. The Morgan fingerprint density at radius 1 is 0.972 bits per heavy atom. The molecule has 1 aromatic rings. The van der Waals surface area contributed by atoms with Gasteiger partial charge in [0.1, 0.15) is 5.60 Å². The van der Waals surface area contributed by atoms with Crippen LogP contribution < -0.4 is 4.90 Å². The van der Waals surface area contributed by atoms with E-state index in [-0.39, 0.29) is 24.3 Å². The van der Waals surface area contributed by atoms with Crippen molar-refractivity contribution in [3.63, 3.8) is 0 Å². The second-order valence-electron chi connectivity index (χ2n) is 11.1. The van der Waals surface area contributed by atoms with Gasteiger partial charge in [-0.3, -0.25) is 14.6 Å². The molecular formula is C25H35F3N4O4. The zero-order valence-corrected chi connectivity index (χ0v) is 21.1. The Balaban J connectivity index is 1.43.